The molecule has 2 aromatic rings. The molecule has 1 aromatic carbocycles. The van der Waals surface area contributed by atoms with Gasteiger partial charge in [0.1, 0.15) is 0 Å². The maximum absolute atomic E-state index is 12.1. The summed E-state index contributed by atoms with van der Waals surface area (Å²) in [5.74, 6) is -0.194. The van der Waals surface area contributed by atoms with Crippen molar-refractivity contribution < 1.29 is 9.90 Å². The summed E-state index contributed by atoms with van der Waals surface area (Å²) in [6.45, 7) is 1.86. The van der Waals surface area contributed by atoms with E-state index in [1.165, 1.54) is 0 Å². The first-order chi connectivity index (χ1) is 8.76. The number of carbonyl (C=O) groups is 1. The van der Waals surface area contributed by atoms with Crippen molar-refractivity contribution in [2.45, 2.75) is 19.4 Å². The zero-order valence-corrected chi connectivity index (χ0v) is 10.3. The number of hydrogen-bond acceptors (Lipinski definition) is 3. The predicted octanol–water partition coefficient (Wildman–Crippen LogP) is 1.74. The third-order valence-corrected chi connectivity index (χ3v) is 2.93. The van der Waals surface area contributed by atoms with Gasteiger partial charge in [-0.2, -0.15) is 0 Å². The number of para-hydroxylation sites is 1. The van der Waals surface area contributed by atoms with Crippen molar-refractivity contribution in [2.24, 2.45) is 0 Å². The number of aromatic nitrogens is 1. The summed E-state index contributed by atoms with van der Waals surface area (Å²) in [7, 11) is 0. The summed E-state index contributed by atoms with van der Waals surface area (Å²) in [6.07, 6.45) is 2.36. The highest BCUT2D eigenvalue weighted by Gasteiger charge is 2.14. The average molecular weight is 244 g/mol. The summed E-state index contributed by atoms with van der Waals surface area (Å²) in [6, 6.07) is 9.04. The highest BCUT2D eigenvalue weighted by molar-refractivity contribution is 6.05. The molecule has 0 fully saturated rings. The van der Waals surface area contributed by atoms with E-state index in [2.05, 4.69) is 10.3 Å². The molecule has 0 radical (unpaired) electrons. The molecule has 18 heavy (non-hydrogen) atoms. The van der Waals surface area contributed by atoms with Crippen LogP contribution >= 0.6 is 0 Å². The molecule has 0 saturated heterocycles. The van der Waals surface area contributed by atoms with Gasteiger partial charge in [0.05, 0.1) is 23.7 Å². The molecule has 1 heterocycles. The van der Waals surface area contributed by atoms with Crippen molar-refractivity contribution >= 4 is 16.8 Å². The minimum absolute atomic E-state index is 0.0551. The molecule has 94 valence electrons. The third kappa shape index (κ3) is 2.49. The lowest BCUT2D eigenvalue weighted by Crippen LogP contribution is -2.37. The van der Waals surface area contributed by atoms with Gasteiger partial charge in [-0.15, -0.1) is 0 Å². The van der Waals surface area contributed by atoms with E-state index in [1.807, 2.05) is 31.2 Å². The van der Waals surface area contributed by atoms with E-state index in [0.29, 0.717) is 17.5 Å². The van der Waals surface area contributed by atoms with Crippen LogP contribution in [0.5, 0.6) is 0 Å². The van der Waals surface area contributed by atoms with E-state index in [9.17, 15) is 4.79 Å². The summed E-state index contributed by atoms with van der Waals surface area (Å²) in [4.78, 5) is 16.4. The minimum Gasteiger partial charge on any atom is -0.394 e. The Kier molecular flexibility index (Phi) is 3.89. The van der Waals surface area contributed by atoms with Crippen LogP contribution in [0.25, 0.3) is 10.9 Å². The maximum atomic E-state index is 12.1. The summed E-state index contributed by atoms with van der Waals surface area (Å²) in [5, 5.41) is 12.8. The largest absolute Gasteiger partial charge is 0.394 e. The minimum atomic E-state index is -0.212. The second-order valence-corrected chi connectivity index (χ2v) is 4.14. The quantitative estimate of drug-likeness (QED) is 0.861. The molecule has 1 amide bonds. The number of aliphatic hydroxyl groups excluding tert-OH is 1. The Balaban J connectivity index is 2.33. The van der Waals surface area contributed by atoms with Gasteiger partial charge < -0.3 is 10.4 Å². The standard InChI is InChI=1S/C14H16N2O2/c1-2-11(9-17)16-14(18)12-7-3-5-10-6-4-8-15-13(10)12/h3-8,11,17H,2,9H2,1H3,(H,16,18)/t11-/m1/s1. The fourth-order valence-corrected chi connectivity index (χ4v) is 1.83. The van der Waals surface area contributed by atoms with E-state index >= 15 is 0 Å². The lowest BCUT2D eigenvalue weighted by Gasteiger charge is -2.14. The smallest absolute Gasteiger partial charge is 0.253 e. The highest BCUT2D eigenvalue weighted by atomic mass is 16.3. The van der Waals surface area contributed by atoms with Gasteiger partial charge in [-0.05, 0) is 18.6 Å². The van der Waals surface area contributed by atoms with Crippen molar-refractivity contribution in [1.82, 2.24) is 10.3 Å². The zero-order valence-electron chi connectivity index (χ0n) is 10.3. The molecule has 2 rings (SSSR count). The van der Waals surface area contributed by atoms with Crippen LogP contribution < -0.4 is 5.32 Å². The van der Waals surface area contributed by atoms with Crippen LogP contribution in [0.15, 0.2) is 36.5 Å². The number of carbonyl (C=O) groups excluding carboxylic acids is 1. The van der Waals surface area contributed by atoms with Crippen LogP contribution in [0, 0.1) is 0 Å². The van der Waals surface area contributed by atoms with Crippen molar-refractivity contribution in [3.05, 3.63) is 42.1 Å². The molecule has 0 unspecified atom stereocenters. The summed E-state index contributed by atoms with van der Waals surface area (Å²) >= 11 is 0. The van der Waals surface area contributed by atoms with Crippen molar-refractivity contribution in [3.63, 3.8) is 0 Å². The van der Waals surface area contributed by atoms with Gasteiger partial charge in [0.25, 0.3) is 5.91 Å². The predicted molar refractivity (Wildman–Crippen MR) is 70.4 cm³/mol. The van der Waals surface area contributed by atoms with E-state index in [-0.39, 0.29) is 18.6 Å². The Morgan fingerprint density at radius 3 is 2.89 bits per heavy atom. The topological polar surface area (TPSA) is 62.2 Å². The Morgan fingerprint density at radius 1 is 1.39 bits per heavy atom. The fourth-order valence-electron chi connectivity index (χ4n) is 1.83. The number of rotatable bonds is 4. The van der Waals surface area contributed by atoms with Gasteiger partial charge in [-0.25, -0.2) is 0 Å². The average Bonchev–Trinajstić information content (AvgIpc) is 2.43. The summed E-state index contributed by atoms with van der Waals surface area (Å²) < 4.78 is 0. The number of nitrogens with one attached hydrogen (secondary N) is 1. The summed E-state index contributed by atoms with van der Waals surface area (Å²) in [5.41, 5.74) is 1.23. The molecule has 2 N–H and O–H groups in total. The molecule has 0 aliphatic rings. The van der Waals surface area contributed by atoms with Gasteiger partial charge in [-0.1, -0.05) is 25.1 Å². The Hall–Kier alpha value is -1.94. The zero-order chi connectivity index (χ0) is 13.0. The van der Waals surface area contributed by atoms with Gasteiger partial charge in [0.2, 0.25) is 0 Å². The normalized spacial score (nSPS) is 12.3. The highest BCUT2D eigenvalue weighted by Crippen LogP contribution is 2.15. The monoisotopic (exact) mass is 244 g/mol. The fraction of sp³-hybridized carbons (Fsp3) is 0.286. The van der Waals surface area contributed by atoms with Crippen LogP contribution in [0.1, 0.15) is 23.7 Å². The first-order valence-corrected chi connectivity index (χ1v) is 6.01. The number of aliphatic hydroxyl groups is 1. The van der Waals surface area contributed by atoms with Crippen molar-refractivity contribution in [1.29, 1.82) is 0 Å². The molecule has 1 aromatic heterocycles. The number of hydrogen-bond donors (Lipinski definition) is 2. The number of amides is 1. The molecular weight excluding hydrogens is 228 g/mol. The van der Waals surface area contributed by atoms with Gasteiger partial charge in [0, 0.05) is 11.6 Å². The Bertz CT molecular complexity index is 545. The molecule has 1 atom stereocenters. The second-order valence-electron chi connectivity index (χ2n) is 4.14. The van der Waals surface area contributed by atoms with E-state index in [0.717, 1.165) is 5.39 Å². The van der Waals surface area contributed by atoms with Gasteiger partial charge in [-0.3, -0.25) is 9.78 Å². The van der Waals surface area contributed by atoms with Crippen LogP contribution in [0.2, 0.25) is 0 Å². The van der Waals surface area contributed by atoms with Gasteiger partial charge >= 0.3 is 0 Å². The van der Waals surface area contributed by atoms with Crippen LogP contribution in [0.4, 0.5) is 0 Å². The van der Waals surface area contributed by atoms with E-state index in [4.69, 9.17) is 5.11 Å². The van der Waals surface area contributed by atoms with E-state index < -0.39 is 0 Å². The third-order valence-electron chi connectivity index (χ3n) is 2.93. The number of nitrogens with zero attached hydrogens (tertiary/aromatic N) is 1. The maximum Gasteiger partial charge on any atom is 0.253 e. The van der Waals surface area contributed by atoms with Crippen LogP contribution in [-0.4, -0.2) is 28.6 Å². The van der Waals surface area contributed by atoms with Crippen molar-refractivity contribution in [3.8, 4) is 0 Å². The number of fused-ring (bicyclic) bond motifs is 1. The first kappa shape index (κ1) is 12.5. The lowest BCUT2D eigenvalue weighted by atomic mass is 10.1. The molecule has 4 nitrogen and oxygen atoms in total. The lowest BCUT2D eigenvalue weighted by molar-refractivity contribution is 0.0916. The van der Waals surface area contributed by atoms with Crippen LogP contribution in [0.3, 0.4) is 0 Å². The second kappa shape index (κ2) is 5.60. The Morgan fingerprint density at radius 2 is 2.17 bits per heavy atom. The first-order valence-electron chi connectivity index (χ1n) is 6.01. The van der Waals surface area contributed by atoms with E-state index in [1.54, 1.807) is 12.3 Å². The molecule has 4 heteroatoms. The molecular formula is C14H16N2O2. The number of pyridine rings is 1. The molecule has 0 spiro atoms. The molecule has 0 aliphatic carbocycles. The SMILES string of the molecule is CC[C@H](CO)NC(=O)c1cccc2cccnc12. The molecule has 0 bridgehead atoms. The molecule has 0 aliphatic heterocycles. The van der Waals surface area contributed by atoms with Crippen molar-refractivity contribution in [2.75, 3.05) is 6.61 Å². The molecule has 0 saturated carbocycles. The van der Waals surface area contributed by atoms with Gasteiger partial charge in [0.15, 0.2) is 0 Å². The number of benzene rings is 1. The van der Waals surface area contributed by atoms with Crippen LogP contribution in [-0.2, 0) is 0 Å². The Labute approximate surface area is 106 Å².